The highest BCUT2D eigenvalue weighted by Gasteiger charge is 2.36. The topological polar surface area (TPSA) is 117 Å². The van der Waals surface area contributed by atoms with Crippen LogP contribution in [0.3, 0.4) is 0 Å². The molecule has 0 saturated carbocycles. The van der Waals surface area contributed by atoms with Crippen molar-refractivity contribution in [3.05, 3.63) is 47.5 Å². The van der Waals surface area contributed by atoms with E-state index in [9.17, 15) is 9.59 Å². The number of nitrogens with one attached hydrogen (secondary N) is 1. The third-order valence-electron chi connectivity index (χ3n) is 4.66. The Kier molecular flexibility index (Phi) is 5.05. The number of fused-ring (bicyclic) bond motifs is 1. The minimum Gasteiger partial charge on any atom is -0.493 e. The lowest BCUT2D eigenvalue weighted by Crippen LogP contribution is -2.15. The van der Waals surface area contributed by atoms with E-state index in [4.69, 9.17) is 14.2 Å². The molecular formula is C20H19N5O5. The van der Waals surface area contributed by atoms with Gasteiger partial charge in [0.05, 0.1) is 27.7 Å². The van der Waals surface area contributed by atoms with Crippen LogP contribution in [0.2, 0.25) is 0 Å². The predicted molar refractivity (Wildman–Crippen MR) is 105 cm³/mol. The highest BCUT2D eigenvalue weighted by Crippen LogP contribution is 2.43. The Hall–Kier alpha value is -3.95. The summed E-state index contributed by atoms with van der Waals surface area (Å²) in [5.41, 5.74) is 2.16. The molecular weight excluding hydrogens is 390 g/mol. The molecule has 10 heteroatoms. The van der Waals surface area contributed by atoms with Crippen LogP contribution in [0.5, 0.6) is 11.5 Å². The zero-order valence-corrected chi connectivity index (χ0v) is 16.6. The van der Waals surface area contributed by atoms with E-state index >= 15 is 0 Å². The van der Waals surface area contributed by atoms with Gasteiger partial charge in [-0.05, 0) is 23.4 Å². The van der Waals surface area contributed by atoms with Crippen molar-refractivity contribution < 1.29 is 23.8 Å². The van der Waals surface area contributed by atoms with Crippen molar-refractivity contribution in [2.24, 2.45) is 7.05 Å². The second kappa shape index (κ2) is 7.82. The van der Waals surface area contributed by atoms with Gasteiger partial charge in [-0.2, -0.15) is 4.80 Å². The normalized spacial score (nSPS) is 14.8. The Morgan fingerprint density at radius 3 is 2.77 bits per heavy atom. The first kappa shape index (κ1) is 19.4. The van der Waals surface area contributed by atoms with Crippen LogP contribution in [0.1, 0.15) is 28.4 Å². The van der Waals surface area contributed by atoms with Crippen molar-refractivity contribution in [3.63, 3.8) is 0 Å². The number of benzene rings is 2. The number of methoxy groups -OCH3 is 2. The van der Waals surface area contributed by atoms with Crippen molar-refractivity contribution in [3.8, 4) is 22.9 Å². The summed E-state index contributed by atoms with van der Waals surface area (Å²) in [7, 11) is 4.61. The molecule has 10 nitrogen and oxygen atoms in total. The van der Waals surface area contributed by atoms with E-state index in [0.717, 1.165) is 5.56 Å². The summed E-state index contributed by atoms with van der Waals surface area (Å²) in [4.78, 5) is 26.3. The zero-order valence-electron chi connectivity index (χ0n) is 16.6. The third-order valence-corrected chi connectivity index (χ3v) is 4.66. The van der Waals surface area contributed by atoms with Crippen LogP contribution in [0, 0.1) is 0 Å². The lowest BCUT2D eigenvalue weighted by atomic mass is 10.0. The highest BCUT2D eigenvalue weighted by molar-refractivity contribution is 5.99. The lowest BCUT2D eigenvalue weighted by Gasteiger charge is -2.13. The summed E-state index contributed by atoms with van der Waals surface area (Å²) in [6.07, 6.45) is -0.751. The Balaban J connectivity index is 1.51. The second-order valence-corrected chi connectivity index (χ2v) is 6.59. The van der Waals surface area contributed by atoms with Crippen molar-refractivity contribution in [2.45, 2.75) is 12.5 Å². The summed E-state index contributed by atoms with van der Waals surface area (Å²) in [6.45, 7) is 0. The summed E-state index contributed by atoms with van der Waals surface area (Å²) in [5, 5.41) is 14.7. The number of anilines is 1. The molecule has 0 fully saturated rings. The molecule has 3 aromatic rings. The lowest BCUT2D eigenvalue weighted by molar-refractivity contribution is -0.118. The van der Waals surface area contributed by atoms with Crippen LogP contribution in [0.4, 0.5) is 5.69 Å². The molecule has 1 aliphatic rings. The maximum atomic E-state index is 12.6. The minimum atomic E-state index is -0.711. The van der Waals surface area contributed by atoms with Gasteiger partial charge in [-0.25, -0.2) is 4.79 Å². The van der Waals surface area contributed by atoms with E-state index in [-0.39, 0.29) is 17.9 Å². The van der Waals surface area contributed by atoms with Gasteiger partial charge in [0.1, 0.15) is 11.7 Å². The van der Waals surface area contributed by atoms with Crippen LogP contribution in [-0.4, -0.2) is 46.3 Å². The van der Waals surface area contributed by atoms with Gasteiger partial charge >= 0.3 is 5.97 Å². The number of aromatic nitrogens is 4. The Bertz CT molecular complexity index is 1130. The Labute approximate surface area is 171 Å². The summed E-state index contributed by atoms with van der Waals surface area (Å²) in [5.74, 6) is 0.321. The van der Waals surface area contributed by atoms with Gasteiger partial charge < -0.3 is 19.5 Å². The molecule has 0 radical (unpaired) electrons. The van der Waals surface area contributed by atoms with E-state index in [1.807, 2.05) is 6.07 Å². The number of nitrogens with zero attached hydrogens (tertiary/aromatic N) is 4. The average molecular weight is 409 g/mol. The fraction of sp³-hybridized carbons (Fsp3) is 0.250. The molecule has 1 aliphatic heterocycles. The molecule has 0 aliphatic carbocycles. The average Bonchev–Trinajstić information content (AvgIpc) is 3.31. The van der Waals surface area contributed by atoms with Crippen molar-refractivity contribution in [2.75, 3.05) is 19.5 Å². The SMILES string of the molecule is COc1ccc2c(c1OC)C(=O)OC2CC(=O)Nc1cccc(-c2nnn(C)n2)c1. The molecule has 154 valence electrons. The van der Waals surface area contributed by atoms with E-state index in [2.05, 4.69) is 20.7 Å². The number of carbonyl (C=O) groups is 2. The Morgan fingerprint density at radius 2 is 2.07 bits per heavy atom. The fourth-order valence-corrected chi connectivity index (χ4v) is 3.34. The van der Waals surface area contributed by atoms with Gasteiger partial charge in [-0.15, -0.1) is 10.2 Å². The molecule has 0 bridgehead atoms. The first-order valence-electron chi connectivity index (χ1n) is 9.10. The summed E-state index contributed by atoms with van der Waals surface area (Å²) < 4.78 is 15.9. The van der Waals surface area contributed by atoms with E-state index in [0.29, 0.717) is 28.6 Å². The number of hydrogen-bond acceptors (Lipinski definition) is 8. The second-order valence-electron chi connectivity index (χ2n) is 6.59. The Morgan fingerprint density at radius 1 is 1.23 bits per heavy atom. The first-order chi connectivity index (χ1) is 14.5. The number of ether oxygens (including phenoxy) is 3. The largest absolute Gasteiger partial charge is 0.493 e. The molecule has 2 heterocycles. The number of cyclic esters (lactones) is 1. The zero-order chi connectivity index (χ0) is 21.3. The van der Waals surface area contributed by atoms with E-state index in [1.54, 1.807) is 37.4 Å². The fourth-order valence-electron chi connectivity index (χ4n) is 3.34. The molecule has 4 rings (SSSR count). The van der Waals surface area contributed by atoms with Crippen molar-refractivity contribution in [1.82, 2.24) is 20.2 Å². The standard InChI is InChI=1S/C20H19N5O5/c1-25-23-19(22-24-25)11-5-4-6-12(9-11)21-16(26)10-15-13-7-8-14(28-2)18(29-3)17(13)20(27)30-15/h4-9,15H,10H2,1-3H3,(H,21,26). The number of esters is 1. The number of aryl methyl sites for hydroxylation is 1. The number of rotatable bonds is 6. The van der Waals surface area contributed by atoms with Crippen LogP contribution in [-0.2, 0) is 16.6 Å². The van der Waals surface area contributed by atoms with Crippen LogP contribution >= 0.6 is 0 Å². The van der Waals surface area contributed by atoms with E-state index in [1.165, 1.54) is 19.0 Å². The summed E-state index contributed by atoms with van der Waals surface area (Å²) >= 11 is 0. The summed E-state index contributed by atoms with van der Waals surface area (Å²) in [6, 6.07) is 10.5. The van der Waals surface area contributed by atoms with E-state index < -0.39 is 12.1 Å². The first-order valence-corrected chi connectivity index (χ1v) is 9.10. The predicted octanol–water partition coefficient (Wildman–Crippen LogP) is 2.13. The van der Waals surface area contributed by atoms with Crippen LogP contribution in [0.15, 0.2) is 36.4 Å². The quantitative estimate of drug-likeness (QED) is 0.615. The maximum absolute atomic E-state index is 12.6. The number of hydrogen-bond donors (Lipinski definition) is 1. The molecule has 2 aromatic carbocycles. The molecule has 0 spiro atoms. The van der Waals surface area contributed by atoms with Crippen LogP contribution < -0.4 is 14.8 Å². The molecule has 1 unspecified atom stereocenters. The number of amides is 1. The van der Waals surface area contributed by atoms with Gasteiger partial charge in [-0.1, -0.05) is 18.2 Å². The maximum Gasteiger partial charge on any atom is 0.343 e. The van der Waals surface area contributed by atoms with Gasteiger partial charge in [0.25, 0.3) is 0 Å². The third kappa shape index (κ3) is 3.54. The monoisotopic (exact) mass is 409 g/mol. The highest BCUT2D eigenvalue weighted by atomic mass is 16.6. The van der Waals surface area contributed by atoms with Gasteiger partial charge in [0, 0.05) is 16.8 Å². The molecule has 1 amide bonds. The molecule has 1 atom stereocenters. The number of carbonyl (C=O) groups excluding carboxylic acids is 2. The molecule has 30 heavy (non-hydrogen) atoms. The van der Waals surface area contributed by atoms with Gasteiger partial charge in [0.15, 0.2) is 11.5 Å². The number of tetrazole rings is 1. The molecule has 1 N–H and O–H groups in total. The van der Waals surface area contributed by atoms with Crippen molar-refractivity contribution >= 4 is 17.6 Å². The smallest absolute Gasteiger partial charge is 0.343 e. The van der Waals surface area contributed by atoms with Gasteiger partial charge in [-0.3, -0.25) is 4.79 Å². The molecule has 1 aromatic heterocycles. The van der Waals surface area contributed by atoms with Gasteiger partial charge in [0.2, 0.25) is 11.7 Å². The molecule has 0 saturated heterocycles. The van der Waals surface area contributed by atoms with Crippen molar-refractivity contribution in [1.29, 1.82) is 0 Å². The van der Waals surface area contributed by atoms with Crippen LogP contribution in [0.25, 0.3) is 11.4 Å². The minimum absolute atomic E-state index is 0.0398.